The number of likely N-dealkylation sites (tertiary alicyclic amines) is 1. The van der Waals surface area contributed by atoms with Gasteiger partial charge in [-0.1, -0.05) is 6.92 Å². The van der Waals surface area contributed by atoms with Crippen LogP contribution in [-0.4, -0.2) is 88.6 Å². The lowest BCUT2D eigenvalue weighted by molar-refractivity contribution is -0.120. The molecule has 4 heterocycles. The molecule has 0 bridgehead atoms. The minimum atomic E-state index is -3.97. The van der Waals surface area contributed by atoms with E-state index < -0.39 is 27.8 Å². The zero-order valence-electron chi connectivity index (χ0n) is 34.8. The molecule has 2 aliphatic carbocycles. The smallest absolute Gasteiger partial charge is 0.329 e. The molecule has 4 aliphatic rings. The molecule has 9 rings (SSSR count). The van der Waals surface area contributed by atoms with Crippen molar-refractivity contribution in [2.45, 2.75) is 82.6 Å². The first-order valence-corrected chi connectivity index (χ1v) is 22.6. The van der Waals surface area contributed by atoms with Crippen molar-refractivity contribution >= 4 is 55.6 Å². The summed E-state index contributed by atoms with van der Waals surface area (Å²) in [6, 6.07) is 12.4. The Morgan fingerprint density at radius 2 is 1.76 bits per heavy atom. The van der Waals surface area contributed by atoms with Crippen LogP contribution in [0, 0.1) is 28.4 Å². The molecule has 0 atom stereocenters. The lowest BCUT2D eigenvalue weighted by Gasteiger charge is -2.53. The van der Waals surface area contributed by atoms with Gasteiger partial charge in [-0.2, -0.15) is 23.1 Å². The summed E-state index contributed by atoms with van der Waals surface area (Å²) >= 11 is 0. The van der Waals surface area contributed by atoms with E-state index in [1.807, 2.05) is 18.3 Å². The highest BCUT2D eigenvalue weighted by Crippen LogP contribution is 2.57. The Bertz CT molecular complexity index is 2750. The van der Waals surface area contributed by atoms with Crippen molar-refractivity contribution in [3.05, 3.63) is 77.1 Å². The number of nitriles is 1. The van der Waals surface area contributed by atoms with Gasteiger partial charge in [0.25, 0.3) is 0 Å². The molecule has 2 aliphatic heterocycles. The number of anilines is 2. The van der Waals surface area contributed by atoms with Gasteiger partial charge >= 0.3 is 16.2 Å². The number of nitrogens with one attached hydrogen (secondary N) is 2. The van der Waals surface area contributed by atoms with E-state index in [-0.39, 0.29) is 65.5 Å². The second-order valence-corrected chi connectivity index (χ2v) is 19.0. The van der Waals surface area contributed by atoms with Crippen LogP contribution in [0.4, 0.5) is 25.1 Å². The monoisotopic (exact) mass is 866 g/mol. The first-order chi connectivity index (χ1) is 29.7. The quantitative estimate of drug-likeness (QED) is 0.146. The second-order valence-electron chi connectivity index (χ2n) is 17.2. The van der Waals surface area contributed by atoms with Gasteiger partial charge in [-0.05, 0) is 118 Å². The number of carbonyl (C=O) groups excluding carboxylic acids is 2. The highest BCUT2D eigenvalue weighted by Gasteiger charge is 2.47. The van der Waals surface area contributed by atoms with E-state index in [4.69, 9.17) is 9.72 Å². The Balaban J connectivity index is 0.804. The van der Waals surface area contributed by atoms with Gasteiger partial charge in [-0.25, -0.2) is 18.6 Å². The lowest BCUT2D eigenvalue weighted by atomic mass is 9.56. The van der Waals surface area contributed by atoms with Crippen LogP contribution in [0.5, 0.6) is 11.5 Å². The van der Waals surface area contributed by atoms with E-state index in [2.05, 4.69) is 25.0 Å². The zero-order valence-corrected chi connectivity index (χ0v) is 35.6. The van der Waals surface area contributed by atoms with Gasteiger partial charge < -0.3 is 9.64 Å². The summed E-state index contributed by atoms with van der Waals surface area (Å²) in [6.45, 7) is 4.12. The average Bonchev–Trinajstić information content (AvgIpc) is 3.56. The topological polar surface area (TPSA) is 179 Å². The number of hydrogen-bond acceptors (Lipinski definition) is 10. The van der Waals surface area contributed by atoms with Gasteiger partial charge in [0.2, 0.25) is 5.91 Å². The standard InChI is InChI=1S/C44H48F2N10O5S/c1-4-53(2)62(59,60)52-35-12-10-33(45)41(32(35)24-47)61-29-9-11-36-37(19-29)49-38(25-48-36)27-22-44(23-27)14-17-55(18-15-44)28-7-5-26(6-8-28)30-21-39-31(20-34(30)46)42(51-54(39)3)56-16-13-40(57)50-43(56)58/h9-12,19-21,25-28,52H,4-8,13-18,22-23H2,1-3H3,(H,50,57,58). The molecule has 2 saturated carbocycles. The molecule has 15 nitrogen and oxygen atoms in total. The molecule has 2 aromatic heterocycles. The van der Waals surface area contributed by atoms with Crippen LogP contribution in [0.1, 0.15) is 93.4 Å². The molecule has 2 saturated heterocycles. The summed E-state index contributed by atoms with van der Waals surface area (Å²) < 4.78 is 67.2. The van der Waals surface area contributed by atoms with Gasteiger partial charge in [0.05, 0.1) is 27.9 Å². The molecule has 0 radical (unpaired) electrons. The first kappa shape index (κ1) is 41.6. The lowest BCUT2D eigenvalue weighted by Crippen LogP contribution is -2.50. The van der Waals surface area contributed by atoms with Crippen LogP contribution >= 0.6 is 0 Å². The molecular formula is C44H48F2N10O5S. The number of aryl methyl sites for hydroxylation is 1. The number of halogens is 2. The minimum absolute atomic E-state index is 0.0968. The minimum Gasteiger partial charge on any atom is -0.453 e. The van der Waals surface area contributed by atoms with Crippen molar-refractivity contribution in [3.8, 4) is 17.6 Å². The number of rotatable bonds is 10. The van der Waals surface area contributed by atoms with Crippen LogP contribution < -0.4 is 19.7 Å². The van der Waals surface area contributed by atoms with Crippen molar-refractivity contribution in [2.75, 3.05) is 42.8 Å². The summed E-state index contributed by atoms with van der Waals surface area (Å²) in [4.78, 5) is 37.8. The third-order valence-corrected chi connectivity index (χ3v) is 15.2. The van der Waals surface area contributed by atoms with Crippen molar-refractivity contribution in [3.63, 3.8) is 0 Å². The average molecular weight is 867 g/mol. The van der Waals surface area contributed by atoms with Gasteiger partial charge in [-0.15, -0.1) is 0 Å². The number of fused-ring (bicyclic) bond motifs is 2. The van der Waals surface area contributed by atoms with E-state index in [0.717, 1.165) is 86.0 Å². The van der Waals surface area contributed by atoms with Crippen LogP contribution in [0.15, 0.2) is 48.7 Å². The Kier molecular flexibility index (Phi) is 10.8. The van der Waals surface area contributed by atoms with Crippen LogP contribution in [-0.2, 0) is 22.1 Å². The van der Waals surface area contributed by atoms with Crippen LogP contribution in [0.2, 0.25) is 0 Å². The number of carbonyl (C=O) groups is 2. The largest absolute Gasteiger partial charge is 0.453 e. The summed E-state index contributed by atoms with van der Waals surface area (Å²) in [6.07, 6.45) is 10.0. The molecular weight excluding hydrogens is 819 g/mol. The predicted molar refractivity (Wildman–Crippen MR) is 228 cm³/mol. The first-order valence-electron chi connectivity index (χ1n) is 21.2. The number of imide groups is 1. The Morgan fingerprint density at radius 3 is 2.47 bits per heavy atom. The maximum absolute atomic E-state index is 15.8. The van der Waals surface area contributed by atoms with Gasteiger partial charge in [0.1, 0.15) is 23.2 Å². The zero-order chi connectivity index (χ0) is 43.5. The van der Waals surface area contributed by atoms with Crippen molar-refractivity contribution < 1.29 is 31.5 Å². The molecule has 2 N–H and O–H groups in total. The number of urea groups is 1. The molecule has 324 valence electrons. The summed E-state index contributed by atoms with van der Waals surface area (Å²) in [5.41, 5.74) is 3.43. The van der Waals surface area contributed by atoms with Gasteiger partial charge in [0, 0.05) is 63.2 Å². The maximum atomic E-state index is 15.8. The van der Waals surface area contributed by atoms with Crippen LogP contribution in [0.3, 0.4) is 0 Å². The molecule has 3 aromatic carbocycles. The molecule has 62 heavy (non-hydrogen) atoms. The van der Waals surface area contributed by atoms with E-state index in [1.165, 1.54) is 24.1 Å². The molecule has 0 unspecified atom stereocenters. The van der Waals surface area contributed by atoms with Crippen molar-refractivity contribution in [1.29, 1.82) is 5.26 Å². The van der Waals surface area contributed by atoms with Crippen molar-refractivity contribution in [2.24, 2.45) is 12.5 Å². The van der Waals surface area contributed by atoms with Gasteiger partial charge in [-0.3, -0.25) is 29.4 Å². The molecule has 3 amide bonds. The number of ether oxygens (including phenoxy) is 1. The number of amides is 3. The second kappa shape index (κ2) is 16.2. The SMILES string of the molecule is CCN(C)S(=O)(=O)Nc1ccc(F)c(Oc2ccc3ncc(C4CC5(CCN(C6CCC(c7cc8c(cc7F)c(N7CCC(=O)NC7=O)nn8C)CC6)CC5)C4)nc3c2)c1C#N. The fourth-order valence-electron chi connectivity index (χ4n) is 9.90. The third kappa shape index (κ3) is 7.70. The van der Waals surface area contributed by atoms with E-state index >= 15 is 8.78 Å². The highest BCUT2D eigenvalue weighted by atomic mass is 32.2. The molecule has 18 heteroatoms. The highest BCUT2D eigenvalue weighted by molar-refractivity contribution is 7.90. The fraction of sp³-hybridized carbons (Fsp3) is 0.455. The van der Waals surface area contributed by atoms with Gasteiger partial charge in [0.15, 0.2) is 17.4 Å². The predicted octanol–water partition coefficient (Wildman–Crippen LogP) is 7.20. The Labute approximate surface area is 358 Å². The van der Waals surface area contributed by atoms with E-state index in [9.17, 15) is 23.3 Å². The van der Waals surface area contributed by atoms with E-state index in [1.54, 1.807) is 36.9 Å². The van der Waals surface area contributed by atoms with Crippen LogP contribution in [0.25, 0.3) is 21.9 Å². The molecule has 1 spiro atoms. The number of benzene rings is 3. The number of nitrogens with zero attached hydrogens (tertiary/aromatic N) is 8. The number of aromatic nitrogens is 4. The fourth-order valence-corrected chi connectivity index (χ4v) is 10.8. The summed E-state index contributed by atoms with van der Waals surface area (Å²) in [7, 11) is -0.791. The number of piperidine rings is 1. The number of hydrogen-bond donors (Lipinski definition) is 2. The summed E-state index contributed by atoms with van der Waals surface area (Å²) in [5, 5.41) is 17.3. The summed E-state index contributed by atoms with van der Waals surface area (Å²) in [5.74, 6) is -0.882. The molecule has 4 fully saturated rings. The third-order valence-electron chi connectivity index (χ3n) is 13.6. The van der Waals surface area contributed by atoms with E-state index in [0.29, 0.717) is 33.8 Å². The normalized spacial score (nSPS) is 21.0. The van der Waals surface area contributed by atoms with Crippen molar-refractivity contribution in [1.82, 2.24) is 34.3 Å². The Hall–Kier alpha value is -5.77. The Morgan fingerprint density at radius 1 is 1.00 bits per heavy atom. The molecule has 5 aromatic rings. The maximum Gasteiger partial charge on any atom is 0.329 e.